The largest absolute Gasteiger partial charge is 0.457 e. The number of halogens is 5. The monoisotopic (exact) mass is 477 g/mol. The number of likely N-dealkylation sites (tertiary alicyclic amines) is 1. The van der Waals surface area contributed by atoms with Crippen molar-refractivity contribution in [1.29, 1.82) is 0 Å². The number of hydrogen-bond acceptors (Lipinski definition) is 4. The quantitative estimate of drug-likeness (QED) is 0.476. The second-order valence-corrected chi connectivity index (χ2v) is 8.04. The third-order valence-corrected chi connectivity index (χ3v) is 5.41. The van der Waals surface area contributed by atoms with E-state index in [1.165, 1.54) is 17.0 Å². The van der Waals surface area contributed by atoms with E-state index >= 15 is 0 Å². The fourth-order valence-electron chi connectivity index (χ4n) is 3.72. The van der Waals surface area contributed by atoms with Crippen molar-refractivity contribution in [2.75, 3.05) is 13.1 Å². The lowest BCUT2D eigenvalue weighted by Crippen LogP contribution is -2.25. The van der Waals surface area contributed by atoms with Crippen molar-refractivity contribution in [3.8, 4) is 22.8 Å². The number of carbonyl (C=O) groups excluding carboxylic acids is 1. The van der Waals surface area contributed by atoms with Crippen LogP contribution < -0.4 is 10.5 Å². The van der Waals surface area contributed by atoms with Gasteiger partial charge in [-0.1, -0.05) is 6.07 Å². The van der Waals surface area contributed by atoms with E-state index < -0.39 is 30.1 Å². The lowest BCUT2D eigenvalue weighted by Gasteiger charge is -2.20. The van der Waals surface area contributed by atoms with Crippen LogP contribution in [0.15, 0.2) is 60.7 Å². The highest BCUT2D eigenvalue weighted by Crippen LogP contribution is 2.36. The Hall–Kier alpha value is -3.53. The first-order valence-corrected chi connectivity index (χ1v) is 10.4. The predicted octanol–water partition coefficient (Wildman–Crippen LogP) is 5.50. The summed E-state index contributed by atoms with van der Waals surface area (Å²) in [5, 5.41) is 0. The first-order valence-electron chi connectivity index (χ1n) is 10.4. The van der Waals surface area contributed by atoms with Gasteiger partial charge in [0.05, 0.1) is 17.8 Å². The molecule has 2 heterocycles. The van der Waals surface area contributed by atoms with Gasteiger partial charge in [-0.25, -0.2) is 13.8 Å². The molecule has 10 heteroatoms. The first kappa shape index (κ1) is 23.6. The minimum absolute atomic E-state index is 0.0781. The van der Waals surface area contributed by atoms with E-state index in [2.05, 4.69) is 4.98 Å². The molecule has 0 saturated carbocycles. The Morgan fingerprint density at radius 2 is 1.82 bits per heavy atom. The van der Waals surface area contributed by atoms with Crippen LogP contribution in [0.5, 0.6) is 11.5 Å². The number of nitrogens with two attached hydrogens (primary N) is 1. The van der Waals surface area contributed by atoms with Crippen LogP contribution in [0.1, 0.15) is 28.0 Å². The first-order chi connectivity index (χ1) is 16.0. The molecule has 5 nitrogen and oxygen atoms in total. The number of alkyl halides is 5. The Morgan fingerprint density at radius 3 is 2.44 bits per heavy atom. The fourth-order valence-corrected chi connectivity index (χ4v) is 3.72. The third-order valence-electron chi connectivity index (χ3n) is 5.41. The summed E-state index contributed by atoms with van der Waals surface area (Å²) in [5.41, 5.74) is 5.83. The number of rotatable bonds is 6. The highest BCUT2D eigenvalue weighted by molar-refractivity contribution is 5.91. The van der Waals surface area contributed by atoms with Gasteiger partial charge in [-0.3, -0.25) is 9.69 Å². The number of ether oxygens (including phenoxy) is 1. The average Bonchev–Trinajstić information content (AvgIpc) is 3.13. The number of carbonyl (C=O) groups is 1. The Balaban J connectivity index is 1.58. The molecule has 3 aromatic rings. The maximum atomic E-state index is 13.6. The van der Waals surface area contributed by atoms with E-state index in [0.29, 0.717) is 17.0 Å². The molecule has 178 valence electrons. The normalized spacial score (nSPS) is 15.9. The Labute approximate surface area is 192 Å². The number of primary amides is 1. The van der Waals surface area contributed by atoms with Crippen LogP contribution in [0, 0.1) is 0 Å². The zero-order chi connectivity index (χ0) is 24.5. The van der Waals surface area contributed by atoms with Gasteiger partial charge in [-0.05, 0) is 54.6 Å². The standard InChI is InChI=1S/C24H20F5N3O2/c25-23(26)10-11-32(14-23)13-16-12-17(24(27,28)29)6-9-21(16)34-18-7-4-15(5-8-18)19-2-1-3-20(31-19)22(30)33/h1-9,12H,10-11,13-14H2,(H2,30,33). The summed E-state index contributed by atoms with van der Waals surface area (Å²) in [6, 6.07) is 14.4. The van der Waals surface area contributed by atoms with Gasteiger partial charge in [-0.15, -0.1) is 0 Å². The van der Waals surface area contributed by atoms with E-state index in [4.69, 9.17) is 10.5 Å². The Bertz CT molecular complexity index is 1200. The summed E-state index contributed by atoms with van der Waals surface area (Å²) in [7, 11) is 0. The van der Waals surface area contributed by atoms with Crippen LogP contribution in [-0.4, -0.2) is 34.8 Å². The number of benzene rings is 2. The molecule has 1 fully saturated rings. The molecule has 1 aromatic heterocycles. The molecule has 0 unspecified atom stereocenters. The van der Waals surface area contributed by atoms with Crippen molar-refractivity contribution in [1.82, 2.24) is 9.88 Å². The molecule has 0 spiro atoms. The SMILES string of the molecule is NC(=O)c1cccc(-c2ccc(Oc3ccc(C(F)(F)F)cc3CN3CCC(F)(F)C3)cc2)n1. The fraction of sp³-hybridized carbons (Fsp3) is 0.250. The summed E-state index contributed by atoms with van der Waals surface area (Å²) < 4.78 is 72.7. The van der Waals surface area contributed by atoms with Crippen LogP contribution in [0.2, 0.25) is 0 Å². The molecule has 1 saturated heterocycles. The number of hydrogen-bond donors (Lipinski definition) is 1. The molecule has 0 radical (unpaired) electrons. The molecule has 1 amide bonds. The zero-order valence-corrected chi connectivity index (χ0v) is 17.8. The lowest BCUT2D eigenvalue weighted by atomic mass is 10.1. The molecule has 1 aliphatic rings. The van der Waals surface area contributed by atoms with Crippen molar-refractivity contribution >= 4 is 5.91 Å². The van der Waals surface area contributed by atoms with Gasteiger partial charge in [0.15, 0.2) is 0 Å². The average molecular weight is 477 g/mol. The number of aromatic nitrogens is 1. The summed E-state index contributed by atoms with van der Waals surface area (Å²) in [6.45, 7) is -0.541. The molecule has 0 aliphatic carbocycles. The van der Waals surface area contributed by atoms with Gasteiger partial charge >= 0.3 is 6.18 Å². The second kappa shape index (κ2) is 9.02. The molecule has 2 aromatic carbocycles. The molecular weight excluding hydrogens is 457 g/mol. The van der Waals surface area contributed by atoms with Gasteiger partial charge in [-0.2, -0.15) is 13.2 Å². The number of nitrogens with zero attached hydrogens (tertiary/aromatic N) is 2. The van der Waals surface area contributed by atoms with Gasteiger partial charge < -0.3 is 10.5 Å². The van der Waals surface area contributed by atoms with E-state index in [1.54, 1.807) is 36.4 Å². The van der Waals surface area contributed by atoms with Crippen molar-refractivity contribution in [3.05, 3.63) is 77.5 Å². The van der Waals surface area contributed by atoms with Crippen LogP contribution in [0.3, 0.4) is 0 Å². The van der Waals surface area contributed by atoms with Crippen LogP contribution in [0.4, 0.5) is 22.0 Å². The maximum absolute atomic E-state index is 13.6. The Morgan fingerprint density at radius 1 is 1.09 bits per heavy atom. The zero-order valence-electron chi connectivity index (χ0n) is 17.8. The third kappa shape index (κ3) is 5.51. The molecular formula is C24H20F5N3O2. The summed E-state index contributed by atoms with van der Waals surface area (Å²) >= 11 is 0. The van der Waals surface area contributed by atoms with E-state index in [9.17, 15) is 26.7 Å². The predicted molar refractivity (Wildman–Crippen MR) is 115 cm³/mol. The number of pyridine rings is 1. The Kier molecular flexibility index (Phi) is 6.26. The van der Waals surface area contributed by atoms with Crippen molar-refractivity contribution < 1.29 is 31.5 Å². The lowest BCUT2D eigenvalue weighted by molar-refractivity contribution is -0.137. The smallest absolute Gasteiger partial charge is 0.416 e. The summed E-state index contributed by atoms with van der Waals surface area (Å²) in [6.07, 6.45) is -4.91. The summed E-state index contributed by atoms with van der Waals surface area (Å²) in [5.74, 6) is -3.04. The number of amides is 1. The molecule has 2 N–H and O–H groups in total. The maximum Gasteiger partial charge on any atom is 0.416 e. The molecule has 0 atom stereocenters. The minimum Gasteiger partial charge on any atom is -0.457 e. The van der Waals surface area contributed by atoms with Gasteiger partial charge in [0.2, 0.25) is 0 Å². The van der Waals surface area contributed by atoms with Crippen LogP contribution in [0.25, 0.3) is 11.3 Å². The molecule has 1 aliphatic heterocycles. The molecule has 34 heavy (non-hydrogen) atoms. The minimum atomic E-state index is -4.57. The van der Waals surface area contributed by atoms with Crippen molar-refractivity contribution in [3.63, 3.8) is 0 Å². The molecule has 4 rings (SSSR count). The highest BCUT2D eigenvalue weighted by atomic mass is 19.4. The summed E-state index contributed by atoms with van der Waals surface area (Å²) in [4.78, 5) is 16.9. The highest BCUT2D eigenvalue weighted by Gasteiger charge is 2.38. The van der Waals surface area contributed by atoms with E-state index in [0.717, 1.165) is 12.1 Å². The van der Waals surface area contributed by atoms with Gasteiger partial charge in [0.1, 0.15) is 17.2 Å². The molecule has 0 bridgehead atoms. The van der Waals surface area contributed by atoms with E-state index in [-0.39, 0.29) is 36.5 Å². The van der Waals surface area contributed by atoms with Gasteiger partial charge in [0, 0.05) is 30.6 Å². The second-order valence-electron chi connectivity index (χ2n) is 8.04. The topological polar surface area (TPSA) is 68.5 Å². The van der Waals surface area contributed by atoms with E-state index in [1.807, 2.05) is 0 Å². The van der Waals surface area contributed by atoms with Crippen LogP contribution >= 0.6 is 0 Å². The van der Waals surface area contributed by atoms with Gasteiger partial charge in [0.25, 0.3) is 11.8 Å². The van der Waals surface area contributed by atoms with Crippen molar-refractivity contribution in [2.45, 2.75) is 25.1 Å². The van der Waals surface area contributed by atoms with Crippen LogP contribution in [-0.2, 0) is 12.7 Å². The van der Waals surface area contributed by atoms with Crippen molar-refractivity contribution in [2.24, 2.45) is 5.73 Å².